The van der Waals surface area contributed by atoms with E-state index in [9.17, 15) is 4.79 Å². The van der Waals surface area contributed by atoms with Crippen LogP contribution in [0.4, 0.5) is 5.69 Å². The van der Waals surface area contributed by atoms with Gasteiger partial charge in [0.25, 0.3) is 0 Å². The van der Waals surface area contributed by atoms with Gasteiger partial charge in [-0.1, -0.05) is 36.7 Å². The van der Waals surface area contributed by atoms with Crippen molar-refractivity contribution in [1.82, 2.24) is 15.3 Å². The van der Waals surface area contributed by atoms with Crippen LogP contribution in [0.1, 0.15) is 29.9 Å². The van der Waals surface area contributed by atoms with Crippen LogP contribution in [-0.4, -0.2) is 22.4 Å². The van der Waals surface area contributed by atoms with Gasteiger partial charge >= 0.3 is 0 Å². The quantitative estimate of drug-likeness (QED) is 0.354. The molecule has 2 aromatic carbocycles. The number of aromatic amines is 1. The highest BCUT2D eigenvalue weighted by Crippen LogP contribution is 2.23. The summed E-state index contributed by atoms with van der Waals surface area (Å²) in [5.41, 5.74) is 4.80. The molecule has 0 aliphatic rings. The minimum atomic E-state index is -0.532. The van der Waals surface area contributed by atoms with Crippen LogP contribution >= 0.6 is 11.6 Å². The number of aryl methyl sites for hydroxylation is 1. The molecular weight excluding hydrogens is 408 g/mol. The van der Waals surface area contributed by atoms with Crippen molar-refractivity contribution in [1.29, 1.82) is 0 Å². The predicted octanol–water partition coefficient (Wildman–Crippen LogP) is 5.29. The van der Waals surface area contributed by atoms with E-state index in [0.29, 0.717) is 11.6 Å². The number of fused-ring (bicyclic) bond motifs is 1. The topological polar surface area (TPSA) is 69.8 Å². The number of halogens is 1. The molecule has 0 bridgehead atoms. The summed E-state index contributed by atoms with van der Waals surface area (Å²) < 4.78 is 0. The highest BCUT2D eigenvalue weighted by Gasteiger charge is 2.21. The first-order chi connectivity index (χ1) is 15.1. The lowest BCUT2D eigenvalue weighted by Gasteiger charge is -2.19. The van der Waals surface area contributed by atoms with Crippen molar-refractivity contribution >= 4 is 34.1 Å². The lowest BCUT2D eigenvalue weighted by atomic mass is 10.1. The van der Waals surface area contributed by atoms with Crippen molar-refractivity contribution in [3.05, 3.63) is 94.9 Å². The minimum Gasteiger partial charge on any atom is -0.358 e. The zero-order valence-corrected chi connectivity index (χ0v) is 18.1. The monoisotopic (exact) mass is 432 g/mol. The fourth-order valence-electron chi connectivity index (χ4n) is 3.61. The zero-order valence-electron chi connectivity index (χ0n) is 17.4. The van der Waals surface area contributed by atoms with Gasteiger partial charge in [-0.05, 0) is 60.5 Å². The summed E-state index contributed by atoms with van der Waals surface area (Å²) in [5, 5.41) is 8.10. The smallest absolute Gasteiger partial charge is 0.246 e. The molecule has 0 saturated heterocycles. The molecule has 0 aliphatic carbocycles. The van der Waals surface area contributed by atoms with Gasteiger partial charge in [-0.25, -0.2) is 0 Å². The number of hydrogen-bond acceptors (Lipinski definition) is 3. The Morgan fingerprint density at radius 1 is 1.10 bits per heavy atom. The number of hydrogen-bond donors (Lipinski definition) is 3. The molecule has 0 spiro atoms. The maximum atomic E-state index is 13.2. The van der Waals surface area contributed by atoms with E-state index in [2.05, 4.69) is 33.6 Å². The first-order valence-corrected chi connectivity index (χ1v) is 10.8. The lowest BCUT2D eigenvalue weighted by molar-refractivity contribution is -0.118. The molecular formula is C25H25ClN4O. The predicted molar refractivity (Wildman–Crippen MR) is 126 cm³/mol. The standard InChI is InChI=1S/C25H25ClN4O/c1-2-20-15-18-16-22(9-10-23(18)29-20)30-25(31)24(17-6-5-7-19(26)14-17)28-13-11-21-8-3-4-12-27-21/h3-10,12,14-16,24,28-29H,2,11,13H2,1H3,(H,30,31). The molecule has 4 aromatic rings. The summed E-state index contributed by atoms with van der Waals surface area (Å²) in [6, 6.07) is 20.7. The van der Waals surface area contributed by atoms with Gasteiger partial charge in [0.1, 0.15) is 6.04 Å². The lowest BCUT2D eigenvalue weighted by Crippen LogP contribution is -2.34. The SMILES string of the molecule is CCc1cc2cc(NC(=O)C(NCCc3ccccn3)c3cccc(Cl)c3)ccc2[nH]1. The summed E-state index contributed by atoms with van der Waals surface area (Å²) in [7, 11) is 0. The molecule has 0 aliphatic heterocycles. The molecule has 1 unspecified atom stereocenters. The Morgan fingerprint density at radius 2 is 2.00 bits per heavy atom. The maximum Gasteiger partial charge on any atom is 0.246 e. The average molecular weight is 433 g/mol. The number of pyridine rings is 1. The first kappa shape index (κ1) is 21.1. The second kappa shape index (κ2) is 9.77. The zero-order chi connectivity index (χ0) is 21.6. The fraction of sp³-hybridized carbons (Fsp3) is 0.200. The molecule has 1 atom stereocenters. The van der Waals surface area contributed by atoms with Gasteiger partial charge in [0, 0.05) is 52.2 Å². The average Bonchev–Trinajstić information content (AvgIpc) is 3.20. The van der Waals surface area contributed by atoms with E-state index in [-0.39, 0.29) is 5.91 Å². The summed E-state index contributed by atoms with van der Waals surface area (Å²) >= 11 is 6.19. The van der Waals surface area contributed by atoms with Crippen molar-refractivity contribution in [2.75, 3.05) is 11.9 Å². The van der Waals surface area contributed by atoms with Crippen LogP contribution in [0.15, 0.2) is 72.9 Å². The number of nitrogens with one attached hydrogen (secondary N) is 3. The van der Waals surface area contributed by atoms with Crippen LogP contribution in [0.5, 0.6) is 0 Å². The Hall–Kier alpha value is -3.15. The highest BCUT2D eigenvalue weighted by molar-refractivity contribution is 6.30. The molecule has 1 amide bonds. The van der Waals surface area contributed by atoms with Gasteiger partial charge in [0.15, 0.2) is 0 Å². The van der Waals surface area contributed by atoms with E-state index in [1.54, 1.807) is 12.3 Å². The largest absolute Gasteiger partial charge is 0.358 e. The molecule has 6 heteroatoms. The first-order valence-electron chi connectivity index (χ1n) is 10.4. The van der Waals surface area contributed by atoms with Gasteiger partial charge in [-0.2, -0.15) is 0 Å². The second-order valence-electron chi connectivity index (χ2n) is 7.45. The van der Waals surface area contributed by atoms with Gasteiger partial charge < -0.3 is 15.6 Å². The van der Waals surface area contributed by atoms with E-state index in [4.69, 9.17) is 11.6 Å². The van der Waals surface area contributed by atoms with Crippen LogP contribution < -0.4 is 10.6 Å². The number of nitrogens with zero attached hydrogens (tertiary/aromatic N) is 1. The number of carbonyl (C=O) groups excluding carboxylic acids is 1. The Kier molecular flexibility index (Phi) is 6.65. The van der Waals surface area contributed by atoms with E-state index < -0.39 is 6.04 Å². The minimum absolute atomic E-state index is 0.131. The normalized spacial score (nSPS) is 12.1. The van der Waals surface area contributed by atoms with Gasteiger partial charge in [-0.3, -0.25) is 9.78 Å². The number of benzene rings is 2. The van der Waals surface area contributed by atoms with Crippen molar-refractivity contribution in [3.8, 4) is 0 Å². The number of rotatable bonds is 8. The van der Waals surface area contributed by atoms with Crippen molar-refractivity contribution in [3.63, 3.8) is 0 Å². The van der Waals surface area contributed by atoms with Crippen LogP contribution in [-0.2, 0) is 17.6 Å². The number of anilines is 1. The molecule has 2 heterocycles. The number of H-pyrrole nitrogens is 1. The molecule has 0 saturated carbocycles. The third kappa shape index (κ3) is 5.32. The van der Waals surface area contributed by atoms with Crippen LogP contribution in [0.2, 0.25) is 5.02 Å². The van der Waals surface area contributed by atoms with Crippen LogP contribution in [0.3, 0.4) is 0 Å². The molecule has 31 heavy (non-hydrogen) atoms. The molecule has 2 aromatic heterocycles. The summed E-state index contributed by atoms with van der Waals surface area (Å²) in [4.78, 5) is 21.0. The maximum absolute atomic E-state index is 13.2. The van der Waals surface area contributed by atoms with Crippen LogP contribution in [0, 0.1) is 0 Å². The summed E-state index contributed by atoms with van der Waals surface area (Å²) in [6.07, 6.45) is 3.44. The second-order valence-corrected chi connectivity index (χ2v) is 7.89. The van der Waals surface area contributed by atoms with E-state index >= 15 is 0 Å². The third-order valence-electron chi connectivity index (χ3n) is 5.22. The Bertz CT molecular complexity index is 1170. The van der Waals surface area contributed by atoms with Crippen molar-refractivity contribution in [2.45, 2.75) is 25.8 Å². The Morgan fingerprint density at radius 3 is 2.77 bits per heavy atom. The van der Waals surface area contributed by atoms with Crippen molar-refractivity contribution in [2.24, 2.45) is 0 Å². The van der Waals surface area contributed by atoms with Crippen molar-refractivity contribution < 1.29 is 4.79 Å². The fourth-order valence-corrected chi connectivity index (χ4v) is 3.81. The molecule has 3 N–H and O–H groups in total. The van der Waals surface area contributed by atoms with Crippen LogP contribution in [0.25, 0.3) is 10.9 Å². The molecule has 4 rings (SSSR count). The van der Waals surface area contributed by atoms with E-state index in [0.717, 1.165) is 40.7 Å². The van der Waals surface area contributed by atoms with Gasteiger partial charge in [0.2, 0.25) is 5.91 Å². The summed E-state index contributed by atoms with van der Waals surface area (Å²) in [5.74, 6) is -0.131. The van der Waals surface area contributed by atoms with E-state index in [1.807, 2.05) is 54.6 Å². The summed E-state index contributed by atoms with van der Waals surface area (Å²) in [6.45, 7) is 2.72. The number of aromatic nitrogens is 2. The molecule has 0 fully saturated rings. The molecule has 158 valence electrons. The highest BCUT2D eigenvalue weighted by atomic mass is 35.5. The Labute approximate surface area is 186 Å². The molecule has 5 nitrogen and oxygen atoms in total. The van der Waals surface area contributed by atoms with Gasteiger partial charge in [0.05, 0.1) is 0 Å². The number of carbonyl (C=O) groups is 1. The molecule has 0 radical (unpaired) electrons. The van der Waals surface area contributed by atoms with E-state index in [1.165, 1.54) is 5.69 Å². The Balaban J connectivity index is 1.51. The number of amides is 1. The third-order valence-corrected chi connectivity index (χ3v) is 5.46. The van der Waals surface area contributed by atoms with Gasteiger partial charge in [-0.15, -0.1) is 0 Å².